The van der Waals surface area contributed by atoms with E-state index < -0.39 is 0 Å². The molecule has 0 spiro atoms. The summed E-state index contributed by atoms with van der Waals surface area (Å²) >= 11 is 1.45. The zero-order valence-electron chi connectivity index (χ0n) is 17.2. The van der Waals surface area contributed by atoms with E-state index >= 15 is 0 Å². The van der Waals surface area contributed by atoms with Crippen LogP contribution in [-0.2, 0) is 0 Å². The quantitative estimate of drug-likeness (QED) is 0.329. The van der Waals surface area contributed by atoms with Crippen molar-refractivity contribution in [2.75, 3.05) is 14.2 Å². The summed E-state index contributed by atoms with van der Waals surface area (Å²) in [6, 6.07) is 26.3. The van der Waals surface area contributed by atoms with Crippen molar-refractivity contribution in [3.63, 3.8) is 0 Å². The van der Waals surface area contributed by atoms with Gasteiger partial charge in [-0.2, -0.15) is 5.26 Å². The summed E-state index contributed by atoms with van der Waals surface area (Å²) in [5.74, 6) is 1.37. The molecule has 0 N–H and O–H groups in total. The molecule has 4 rings (SSSR count). The molecule has 1 aromatic heterocycles. The second-order valence-electron chi connectivity index (χ2n) is 6.76. The van der Waals surface area contributed by atoms with Crippen molar-refractivity contribution in [3.8, 4) is 40.0 Å². The highest BCUT2D eigenvalue weighted by Crippen LogP contribution is 2.31. The Balaban J connectivity index is 1.63. The van der Waals surface area contributed by atoms with E-state index in [2.05, 4.69) is 42.5 Å². The number of hydrogen-bond acceptors (Lipinski definition) is 5. The van der Waals surface area contributed by atoms with Crippen molar-refractivity contribution in [2.45, 2.75) is 0 Å². The Morgan fingerprint density at radius 3 is 2.29 bits per heavy atom. The predicted octanol–water partition coefficient (Wildman–Crippen LogP) is 6.56. The van der Waals surface area contributed by atoms with Crippen LogP contribution >= 0.6 is 11.3 Å². The first-order valence-electron chi connectivity index (χ1n) is 9.67. The van der Waals surface area contributed by atoms with Gasteiger partial charge in [-0.1, -0.05) is 54.6 Å². The lowest BCUT2D eigenvalue weighted by Crippen LogP contribution is -1.90. The smallest absolute Gasteiger partial charge is 0.134 e. The normalized spacial score (nSPS) is 11.1. The lowest BCUT2D eigenvalue weighted by atomic mass is 10.0. The number of thiazole rings is 1. The maximum atomic E-state index is 9.75. The van der Waals surface area contributed by atoms with E-state index in [-0.39, 0.29) is 0 Å². The number of ether oxygens (including phenoxy) is 2. The van der Waals surface area contributed by atoms with Gasteiger partial charge in [0.05, 0.1) is 25.5 Å². The highest BCUT2D eigenvalue weighted by molar-refractivity contribution is 7.11. The average molecular weight is 425 g/mol. The molecular formula is C26H20N2O2S. The Hall–Kier alpha value is -3.88. The van der Waals surface area contributed by atoms with Gasteiger partial charge in [-0.05, 0) is 35.4 Å². The van der Waals surface area contributed by atoms with Gasteiger partial charge in [0, 0.05) is 16.5 Å². The van der Waals surface area contributed by atoms with Gasteiger partial charge in [0.15, 0.2) is 0 Å². The van der Waals surface area contributed by atoms with E-state index in [1.807, 2.05) is 41.8 Å². The molecule has 0 amide bonds. The Morgan fingerprint density at radius 1 is 0.903 bits per heavy atom. The maximum absolute atomic E-state index is 9.75. The fraction of sp³-hybridized carbons (Fsp3) is 0.0769. The molecule has 0 aliphatic rings. The number of benzene rings is 3. The minimum Gasteiger partial charge on any atom is -0.497 e. The molecule has 0 fully saturated rings. The Labute approximate surface area is 185 Å². The van der Waals surface area contributed by atoms with Crippen molar-refractivity contribution in [1.82, 2.24) is 4.98 Å². The second-order valence-corrected chi connectivity index (χ2v) is 7.62. The van der Waals surface area contributed by atoms with Gasteiger partial charge in [0.2, 0.25) is 0 Å². The highest BCUT2D eigenvalue weighted by Gasteiger charge is 2.11. The summed E-state index contributed by atoms with van der Waals surface area (Å²) in [6.07, 6.45) is 1.78. The van der Waals surface area contributed by atoms with Crippen LogP contribution in [0.25, 0.3) is 34.0 Å². The minimum atomic E-state index is 0.476. The molecule has 0 bridgehead atoms. The number of rotatable bonds is 6. The number of nitrogens with zero attached hydrogens (tertiary/aromatic N) is 2. The van der Waals surface area contributed by atoms with Crippen LogP contribution < -0.4 is 9.47 Å². The van der Waals surface area contributed by atoms with Gasteiger partial charge in [0.25, 0.3) is 0 Å². The fourth-order valence-corrected chi connectivity index (χ4v) is 4.04. The summed E-state index contributed by atoms with van der Waals surface area (Å²) in [5, 5.41) is 12.4. The molecule has 152 valence electrons. The van der Waals surface area contributed by atoms with Gasteiger partial charge < -0.3 is 9.47 Å². The largest absolute Gasteiger partial charge is 0.497 e. The monoisotopic (exact) mass is 424 g/mol. The third kappa shape index (κ3) is 4.50. The van der Waals surface area contributed by atoms with Crippen LogP contribution in [-0.4, -0.2) is 19.2 Å². The second kappa shape index (κ2) is 9.29. The Morgan fingerprint density at radius 2 is 1.61 bits per heavy atom. The predicted molar refractivity (Wildman–Crippen MR) is 126 cm³/mol. The van der Waals surface area contributed by atoms with E-state index in [0.717, 1.165) is 22.4 Å². The third-order valence-corrected chi connectivity index (χ3v) is 5.76. The number of allylic oxidation sites excluding steroid dienone is 1. The molecule has 3 aromatic carbocycles. The van der Waals surface area contributed by atoms with Crippen molar-refractivity contribution in [1.29, 1.82) is 5.26 Å². The molecule has 4 nitrogen and oxygen atoms in total. The van der Waals surface area contributed by atoms with Gasteiger partial charge in [0.1, 0.15) is 22.6 Å². The van der Waals surface area contributed by atoms with Crippen molar-refractivity contribution < 1.29 is 9.47 Å². The van der Waals surface area contributed by atoms with Crippen molar-refractivity contribution >= 4 is 23.0 Å². The van der Waals surface area contributed by atoms with Crippen molar-refractivity contribution in [2.24, 2.45) is 0 Å². The zero-order chi connectivity index (χ0) is 21.6. The lowest BCUT2D eigenvalue weighted by molar-refractivity contribution is 0.402. The Kier molecular flexibility index (Phi) is 6.11. The van der Waals surface area contributed by atoms with Crippen LogP contribution in [0.2, 0.25) is 0 Å². The van der Waals surface area contributed by atoms with Gasteiger partial charge in [-0.15, -0.1) is 11.3 Å². The van der Waals surface area contributed by atoms with Crippen LogP contribution in [0.15, 0.2) is 78.2 Å². The number of methoxy groups -OCH3 is 2. The number of nitriles is 1. The minimum absolute atomic E-state index is 0.476. The summed E-state index contributed by atoms with van der Waals surface area (Å²) in [7, 11) is 3.21. The molecule has 31 heavy (non-hydrogen) atoms. The highest BCUT2D eigenvalue weighted by atomic mass is 32.1. The molecule has 4 aromatic rings. The summed E-state index contributed by atoms with van der Waals surface area (Å²) in [5.41, 5.74) is 5.43. The molecule has 0 radical (unpaired) electrons. The molecule has 1 heterocycles. The zero-order valence-corrected chi connectivity index (χ0v) is 18.0. The topological polar surface area (TPSA) is 55.1 Å². The van der Waals surface area contributed by atoms with E-state index in [1.165, 1.54) is 16.9 Å². The van der Waals surface area contributed by atoms with E-state index in [0.29, 0.717) is 22.1 Å². The first-order chi connectivity index (χ1) is 15.2. The maximum Gasteiger partial charge on any atom is 0.134 e. The molecule has 0 saturated heterocycles. The van der Waals surface area contributed by atoms with Gasteiger partial charge >= 0.3 is 0 Å². The number of aromatic nitrogens is 1. The van der Waals surface area contributed by atoms with Crippen LogP contribution in [0, 0.1) is 11.3 Å². The van der Waals surface area contributed by atoms with Gasteiger partial charge in [-0.25, -0.2) is 4.98 Å². The molecule has 0 atom stereocenters. The van der Waals surface area contributed by atoms with Crippen LogP contribution in [0.3, 0.4) is 0 Å². The van der Waals surface area contributed by atoms with Crippen LogP contribution in [0.1, 0.15) is 10.6 Å². The molecule has 0 saturated carbocycles. The van der Waals surface area contributed by atoms with Gasteiger partial charge in [-0.3, -0.25) is 0 Å². The Bertz CT molecular complexity index is 1250. The van der Waals surface area contributed by atoms with Crippen molar-refractivity contribution in [3.05, 3.63) is 88.7 Å². The van der Waals surface area contributed by atoms with E-state index in [9.17, 15) is 5.26 Å². The number of hydrogen-bond donors (Lipinski definition) is 0. The third-order valence-electron chi connectivity index (χ3n) is 4.88. The molecule has 0 unspecified atom stereocenters. The molecule has 5 heteroatoms. The summed E-state index contributed by atoms with van der Waals surface area (Å²) in [6.45, 7) is 0. The first kappa shape index (κ1) is 20.4. The first-order valence-corrected chi connectivity index (χ1v) is 10.6. The van der Waals surface area contributed by atoms with E-state index in [4.69, 9.17) is 14.5 Å². The summed E-state index contributed by atoms with van der Waals surface area (Å²) in [4.78, 5) is 4.70. The van der Waals surface area contributed by atoms with Crippen LogP contribution in [0.5, 0.6) is 11.5 Å². The fourth-order valence-electron chi connectivity index (χ4n) is 3.24. The molecular weight excluding hydrogens is 404 g/mol. The molecule has 0 aliphatic heterocycles. The summed E-state index contributed by atoms with van der Waals surface area (Å²) < 4.78 is 10.7. The van der Waals surface area contributed by atoms with E-state index in [1.54, 1.807) is 20.3 Å². The SMILES string of the molecule is COc1ccc(OC)c(C=C(C#N)c2nc(-c3ccc(-c4ccccc4)cc3)cs2)c1. The molecule has 0 aliphatic carbocycles. The average Bonchev–Trinajstić information content (AvgIpc) is 3.33. The van der Waals surface area contributed by atoms with Crippen LogP contribution in [0.4, 0.5) is 0 Å². The lowest BCUT2D eigenvalue weighted by Gasteiger charge is -2.07. The standard InChI is InChI=1S/C26H20N2O2S/c1-29-23-12-13-25(30-2)21(15-23)14-22(16-27)26-28-24(17-31-26)20-10-8-19(9-11-20)18-6-4-3-5-7-18/h3-15,17H,1-2H3.